The second-order valence-electron chi connectivity index (χ2n) is 4.96. The van der Waals surface area contributed by atoms with Crippen LogP contribution in [0, 0.1) is 0 Å². The molecule has 0 spiro atoms. The fourth-order valence-corrected chi connectivity index (χ4v) is 3.60. The van der Waals surface area contributed by atoms with E-state index < -0.39 is 0 Å². The van der Waals surface area contributed by atoms with Gasteiger partial charge in [0.15, 0.2) is 0 Å². The molecule has 1 aromatic heterocycles. The van der Waals surface area contributed by atoms with Crippen LogP contribution in [0.4, 0.5) is 0 Å². The zero-order valence-electron chi connectivity index (χ0n) is 12.4. The number of ether oxygens (including phenoxy) is 1. The summed E-state index contributed by atoms with van der Waals surface area (Å²) in [5.74, 6) is 0.971. The highest BCUT2D eigenvalue weighted by molar-refractivity contribution is 9.10. The third kappa shape index (κ3) is 5.43. The molecular weight excluding hydrogens is 348 g/mol. The van der Waals surface area contributed by atoms with Crippen molar-refractivity contribution >= 4 is 27.3 Å². The van der Waals surface area contributed by atoms with Gasteiger partial charge in [-0.3, -0.25) is 4.90 Å². The van der Waals surface area contributed by atoms with Crippen molar-refractivity contribution in [3.05, 3.63) is 50.6 Å². The number of hydrogen-bond acceptors (Lipinski definition) is 4. The van der Waals surface area contributed by atoms with Gasteiger partial charge in [0.05, 0.1) is 0 Å². The number of halogens is 1. The predicted octanol–water partition coefficient (Wildman–Crippen LogP) is 3.74. The van der Waals surface area contributed by atoms with Crippen molar-refractivity contribution < 1.29 is 4.74 Å². The smallest absolute Gasteiger partial charge is 0.123 e. The third-order valence-electron chi connectivity index (χ3n) is 3.12. The van der Waals surface area contributed by atoms with Crippen LogP contribution in [0.25, 0.3) is 0 Å². The van der Waals surface area contributed by atoms with E-state index in [0.29, 0.717) is 6.61 Å². The number of thiophene rings is 1. The van der Waals surface area contributed by atoms with E-state index in [1.54, 1.807) is 11.3 Å². The standard InChI is InChI=1S/C16H21BrN2OS/c1-18-10-13-5-3-4-6-16(13)20-8-7-19(2)11-15-9-14(17)12-21-15/h3-6,9,12,18H,7-8,10-11H2,1-2H3. The fourth-order valence-electron chi connectivity index (χ4n) is 2.07. The van der Waals surface area contributed by atoms with Gasteiger partial charge in [-0.25, -0.2) is 0 Å². The van der Waals surface area contributed by atoms with Crippen LogP contribution in [0.15, 0.2) is 40.2 Å². The van der Waals surface area contributed by atoms with E-state index >= 15 is 0 Å². The van der Waals surface area contributed by atoms with Crippen LogP contribution in [0.5, 0.6) is 5.75 Å². The normalized spacial score (nSPS) is 11.0. The van der Waals surface area contributed by atoms with Crippen molar-refractivity contribution in [2.45, 2.75) is 13.1 Å². The molecule has 0 aliphatic carbocycles. The minimum atomic E-state index is 0.698. The van der Waals surface area contributed by atoms with Crippen molar-refractivity contribution in [2.24, 2.45) is 0 Å². The predicted molar refractivity (Wildman–Crippen MR) is 93.1 cm³/mol. The van der Waals surface area contributed by atoms with Gasteiger partial charge in [-0.05, 0) is 42.2 Å². The third-order valence-corrected chi connectivity index (χ3v) is 4.80. The molecule has 0 aliphatic heterocycles. The van der Waals surface area contributed by atoms with Crippen molar-refractivity contribution in [3.63, 3.8) is 0 Å². The molecule has 1 N–H and O–H groups in total. The molecule has 0 saturated carbocycles. The number of benzene rings is 1. The molecule has 5 heteroatoms. The van der Waals surface area contributed by atoms with Gasteiger partial charge in [-0.15, -0.1) is 11.3 Å². The van der Waals surface area contributed by atoms with Gasteiger partial charge in [0, 0.05) is 39.9 Å². The molecule has 0 bridgehead atoms. The Hall–Kier alpha value is -0.880. The molecule has 0 fully saturated rings. The average molecular weight is 369 g/mol. The largest absolute Gasteiger partial charge is 0.492 e. The van der Waals surface area contributed by atoms with Crippen LogP contribution in [-0.4, -0.2) is 32.1 Å². The summed E-state index contributed by atoms with van der Waals surface area (Å²) >= 11 is 5.27. The lowest BCUT2D eigenvalue weighted by Gasteiger charge is -2.17. The molecule has 0 aliphatic rings. The van der Waals surface area contributed by atoms with Crippen LogP contribution >= 0.6 is 27.3 Å². The van der Waals surface area contributed by atoms with Crippen LogP contribution in [0.2, 0.25) is 0 Å². The number of para-hydroxylation sites is 1. The summed E-state index contributed by atoms with van der Waals surface area (Å²) in [6, 6.07) is 10.4. The number of nitrogens with zero attached hydrogens (tertiary/aromatic N) is 1. The summed E-state index contributed by atoms with van der Waals surface area (Å²) in [6.45, 7) is 3.39. The summed E-state index contributed by atoms with van der Waals surface area (Å²) in [7, 11) is 4.07. The lowest BCUT2D eigenvalue weighted by molar-refractivity contribution is 0.232. The van der Waals surface area contributed by atoms with E-state index in [9.17, 15) is 0 Å². The van der Waals surface area contributed by atoms with Gasteiger partial charge in [0.1, 0.15) is 12.4 Å². The molecule has 0 amide bonds. The maximum Gasteiger partial charge on any atom is 0.123 e. The van der Waals surface area contributed by atoms with Gasteiger partial charge in [0.2, 0.25) is 0 Å². The second kappa shape index (κ2) is 8.54. The number of nitrogens with one attached hydrogen (secondary N) is 1. The molecule has 0 radical (unpaired) electrons. The van der Waals surface area contributed by atoms with Gasteiger partial charge in [-0.2, -0.15) is 0 Å². The Kier molecular flexibility index (Phi) is 6.70. The van der Waals surface area contributed by atoms with Crippen LogP contribution in [0.3, 0.4) is 0 Å². The minimum absolute atomic E-state index is 0.698. The lowest BCUT2D eigenvalue weighted by Crippen LogP contribution is -2.23. The Balaban J connectivity index is 1.78. The average Bonchev–Trinajstić information content (AvgIpc) is 2.86. The number of hydrogen-bond donors (Lipinski definition) is 1. The molecule has 114 valence electrons. The summed E-state index contributed by atoms with van der Waals surface area (Å²) in [4.78, 5) is 3.64. The lowest BCUT2D eigenvalue weighted by atomic mass is 10.2. The van der Waals surface area contributed by atoms with E-state index in [0.717, 1.165) is 29.9 Å². The molecular formula is C16H21BrN2OS. The Morgan fingerprint density at radius 2 is 2.14 bits per heavy atom. The molecule has 0 unspecified atom stereocenters. The summed E-state index contributed by atoms with van der Waals surface area (Å²) in [5, 5.41) is 5.28. The molecule has 2 aromatic rings. The summed E-state index contributed by atoms with van der Waals surface area (Å²) < 4.78 is 7.08. The number of likely N-dealkylation sites (N-methyl/N-ethyl adjacent to an activating group) is 1. The monoisotopic (exact) mass is 368 g/mol. The van der Waals surface area contributed by atoms with Gasteiger partial charge in [-0.1, -0.05) is 18.2 Å². The summed E-state index contributed by atoms with van der Waals surface area (Å²) in [6.07, 6.45) is 0. The zero-order chi connectivity index (χ0) is 15.1. The topological polar surface area (TPSA) is 24.5 Å². The highest BCUT2D eigenvalue weighted by Crippen LogP contribution is 2.21. The molecule has 21 heavy (non-hydrogen) atoms. The summed E-state index contributed by atoms with van der Waals surface area (Å²) in [5.41, 5.74) is 1.20. The molecule has 3 nitrogen and oxygen atoms in total. The van der Waals surface area contributed by atoms with Crippen LogP contribution in [0.1, 0.15) is 10.4 Å². The molecule has 1 heterocycles. The van der Waals surface area contributed by atoms with Crippen LogP contribution in [-0.2, 0) is 13.1 Å². The van der Waals surface area contributed by atoms with E-state index in [-0.39, 0.29) is 0 Å². The minimum Gasteiger partial charge on any atom is -0.492 e. The van der Waals surface area contributed by atoms with E-state index in [1.807, 2.05) is 25.2 Å². The van der Waals surface area contributed by atoms with E-state index in [2.05, 4.69) is 50.7 Å². The Labute approximate surface area is 139 Å². The zero-order valence-corrected chi connectivity index (χ0v) is 14.8. The van der Waals surface area contributed by atoms with Crippen molar-refractivity contribution in [1.82, 2.24) is 10.2 Å². The van der Waals surface area contributed by atoms with Crippen molar-refractivity contribution in [1.29, 1.82) is 0 Å². The molecule has 0 saturated heterocycles. The first kappa shape index (κ1) is 16.5. The Bertz CT molecular complexity index is 559. The molecule has 2 rings (SSSR count). The molecule has 0 atom stereocenters. The first-order valence-electron chi connectivity index (χ1n) is 6.96. The highest BCUT2D eigenvalue weighted by Gasteiger charge is 2.05. The van der Waals surface area contributed by atoms with Gasteiger partial charge in [0.25, 0.3) is 0 Å². The Morgan fingerprint density at radius 3 is 2.86 bits per heavy atom. The first-order valence-corrected chi connectivity index (χ1v) is 8.63. The van der Waals surface area contributed by atoms with Gasteiger partial charge < -0.3 is 10.1 Å². The fraction of sp³-hybridized carbons (Fsp3) is 0.375. The second-order valence-corrected chi connectivity index (χ2v) is 6.87. The quantitative estimate of drug-likeness (QED) is 0.767. The Morgan fingerprint density at radius 1 is 1.33 bits per heavy atom. The SMILES string of the molecule is CNCc1ccccc1OCCN(C)Cc1cc(Br)cs1. The van der Waals surface area contributed by atoms with Crippen molar-refractivity contribution in [3.8, 4) is 5.75 Å². The highest BCUT2D eigenvalue weighted by atomic mass is 79.9. The molecule has 1 aromatic carbocycles. The van der Waals surface area contributed by atoms with E-state index in [4.69, 9.17) is 4.74 Å². The maximum absolute atomic E-state index is 5.92. The number of rotatable bonds is 8. The van der Waals surface area contributed by atoms with Gasteiger partial charge >= 0.3 is 0 Å². The maximum atomic E-state index is 5.92. The first-order chi connectivity index (χ1) is 10.2. The van der Waals surface area contributed by atoms with Crippen molar-refractivity contribution in [2.75, 3.05) is 27.2 Å². The van der Waals surface area contributed by atoms with E-state index in [1.165, 1.54) is 10.4 Å². The van der Waals surface area contributed by atoms with Crippen LogP contribution < -0.4 is 10.1 Å².